The summed E-state index contributed by atoms with van der Waals surface area (Å²) in [6.07, 6.45) is 62.7. The van der Waals surface area contributed by atoms with Crippen molar-refractivity contribution in [2.24, 2.45) is 0 Å². The van der Waals surface area contributed by atoms with Gasteiger partial charge in [-0.2, -0.15) is 0 Å². The third-order valence-electron chi connectivity index (χ3n) is 10.9. The zero-order chi connectivity index (χ0) is 44.7. The van der Waals surface area contributed by atoms with E-state index in [0.717, 1.165) is 57.8 Å². The van der Waals surface area contributed by atoms with Crippen molar-refractivity contribution in [1.29, 1.82) is 0 Å². The fraction of sp³-hybridized carbons (Fsp3) is 0.833. The minimum absolute atomic E-state index is 0. The second kappa shape index (κ2) is 63.4. The van der Waals surface area contributed by atoms with Gasteiger partial charge in [0.25, 0.3) is 0 Å². The zero-order valence-corrected chi connectivity index (χ0v) is 42.1. The Morgan fingerprint density at radius 2 is 0.410 bits per heavy atom. The molecule has 0 aromatic rings. The molecule has 7 heteroatoms. The number of carbonyl (C=O) groups is 3. The molecule has 365 valence electrons. The molecule has 0 aromatic carbocycles. The average Bonchev–Trinajstić information content (AvgIpc) is 3.22. The Kier molecular flexibility index (Phi) is 69.4. The normalized spacial score (nSPS) is 11.1. The molecule has 61 heavy (non-hydrogen) atoms. The Balaban J connectivity index is -0.000000396. The Bertz CT molecular complexity index is 827. The first kappa shape index (κ1) is 66.7. The molecule has 0 atom stereocenters. The number of hydrogen-bond acceptors (Lipinski definition) is 6. The molecule has 0 bridgehead atoms. The molecule has 0 aliphatic carbocycles. The van der Waals surface area contributed by atoms with E-state index in [1.807, 2.05) is 0 Å². The maximum absolute atomic E-state index is 10.2. The standard InChI is InChI=1S/3C18H34O2.Yb/c3*1-2-3-4-5-6-7-8-9-10-11-12-13-14-15-16-17-18(19)20;/h3*9-10H,2-8,11-17H2,1H3,(H,19,20);/q;;;+3/p-3. The molecule has 0 amide bonds. The molecule has 0 heterocycles. The van der Waals surface area contributed by atoms with E-state index in [0.29, 0.717) is 0 Å². The number of unbranched alkanes of at least 4 members (excludes halogenated alkanes) is 33. The summed E-state index contributed by atoms with van der Waals surface area (Å²) in [6, 6.07) is 0. The molecule has 0 rings (SSSR count). The van der Waals surface area contributed by atoms with Crippen molar-refractivity contribution in [3.8, 4) is 0 Å². The fourth-order valence-corrected chi connectivity index (χ4v) is 7.02. The van der Waals surface area contributed by atoms with E-state index < -0.39 is 17.9 Å². The second-order valence-electron chi connectivity index (χ2n) is 17.1. The van der Waals surface area contributed by atoms with Crippen LogP contribution in [-0.4, -0.2) is 17.9 Å². The van der Waals surface area contributed by atoms with Crippen LogP contribution in [-0.2, 0) is 14.4 Å². The zero-order valence-electron chi connectivity index (χ0n) is 40.4. The molecular weight excluding hydrogens is 918 g/mol. The third kappa shape index (κ3) is 76.8. The molecular formula is C54H99O6Yb. The van der Waals surface area contributed by atoms with Gasteiger partial charge >= 0.3 is 46.9 Å². The van der Waals surface area contributed by atoms with Gasteiger partial charge in [0.2, 0.25) is 0 Å². The number of rotatable bonds is 45. The van der Waals surface area contributed by atoms with Crippen LogP contribution in [0.3, 0.4) is 0 Å². The summed E-state index contributed by atoms with van der Waals surface area (Å²) in [5.74, 6) is -2.74. The summed E-state index contributed by atoms with van der Waals surface area (Å²) < 4.78 is 0. The summed E-state index contributed by atoms with van der Waals surface area (Å²) in [6.45, 7) is 6.77. The van der Waals surface area contributed by atoms with Gasteiger partial charge in [-0.25, -0.2) is 0 Å². The molecule has 0 saturated carbocycles. The van der Waals surface area contributed by atoms with Crippen molar-refractivity contribution >= 4 is 17.9 Å². The number of aliphatic carboxylic acids is 3. The maximum atomic E-state index is 10.2. The van der Waals surface area contributed by atoms with Crippen LogP contribution in [0.4, 0.5) is 0 Å². The molecule has 6 nitrogen and oxygen atoms in total. The van der Waals surface area contributed by atoms with Crippen molar-refractivity contribution in [1.82, 2.24) is 0 Å². The van der Waals surface area contributed by atoms with Crippen molar-refractivity contribution in [2.45, 2.75) is 290 Å². The molecule has 0 saturated heterocycles. The molecule has 0 spiro atoms. The number of hydrogen-bond donors (Lipinski definition) is 0. The van der Waals surface area contributed by atoms with E-state index in [4.69, 9.17) is 0 Å². The van der Waals surface area contributed by atoms with E-state index in [-0.39, 0.29) is 66.2 Å². The first-order valence-electron chi connectivity index (χ1n) is 25.9. The van der Waals surface area contributed by atoms with Crippen molar-refractivity contribution in [3.63, 3.8) is 0 Å². The number of carboxylic acids is 3. The minimum Gasteiger partial charge on any atom is -0.550 e. The van der Waals surface area contributed by atoms with Gasteiger partial charge in [0.15, 0.2) is 0 Å². The van der Waals surface area contributed by atoms with Gasteiger partial charge in [-0.15, -0.1) is 0 Å². The van der Waals surface area contributed by atoms with Crippen molar-refractivity contribution in [3.05, 3.63) is 36.5 Å². The van der Waals surface area contributed by atoms with Crippen LogP contribution in [0.15, 0.2) is 36.5 Å². The van der Waals surface area contributed by atoms with Gasteiger partial charge in [-0.05, 0) is 116 Å². The maximum Gasteiger partial charge on any atom is 3.00 e. The van der Waals surface area contributed by atoms with Crippen LogP contribution < -0.4 is 15.3 Å². The minimum atomic E-state index is -0.914. The Morgan fingerprint density at radius 3 is 0.574 bits per heavy atom. The third-order valence-corrected chi connectivity index (χ3v) is 10.9. The number of carboxylic acid groups (broad SMARTS) is 3. The Hall–Kier alpha value is -0.851. The van der Waals surface area contributed by atoms with Gasteiger partial charge in [0.05, 0.1) is 0 Å². The van der Waals surface area contributed by atoms with E-state index in [9.17, 15) is 29.7 Å². The topological polar surface area (TPSA) is 120 Å². The second-order valence-corrected chi connectivity index (χ2v) is 17.1. The SMILES string of the molecule is CCCCCCCCC=CCCCCCCCC(=O)[O-].CCCCCCCCC=CCCCCCCCC(=O)[O-].CCCCCCCCC=CCCCCCCCC(=O)[O-].[Yb+3]. The van der Waals surface area contributed by atoms with Crippen LogP contribution in [0.1, 0.15) is 290 Å². The van der Waals surface area contributed by atoms with Crippen molar-refractivity contribution < 1.29 is 76.6 Å². The summed E-state index contributed by atoms with van der Waals surface area (Å²) >= 11 is 0. The monoisotopic (exact) mass is 1020 g/mol. The summed E-state index contributed by atoms with van der Waals surface area (Å²) in [7, 11) is 0. The quantitative estimate of drug-likeness (QED) is 0.0442. The fourth-order valence-electron chi connectivity index (χ4n) is 7.02. The molecule has 0 N–H and O–H groups in total. The van der Waals surface area contributed by atoms with Gasteiger partial charge in [0.1, 0.15) is 0 Å². The van der Waals surface area contributed by atoms with Gasteiger partial charge < -0.3 is 29.7 Å². The van der Waals surface area contributed by atoms with Crippen LogP contribution in [0.2, 0.25) is 0 Å². The molecule has 0 aliphatic rings. The van der Waals surface area contributed by atoms with Crippen molar-refractivity contribution in [2.75, 3.05) is 0 Å². The molecule has 0 unspecified atom stereocenters. The predicted molar refractivity (Wildman–Crippen MR) is 253 cm³/mol. The largest absolute Gasteiger partial charge is 3.00 e. The van der Waals surface area contributed by atoms with E-state index in [1.54, 1.807) is 0 Å². The summed E-state index contributed by atoms with van der Waals surface area (Å²) in [5, 5.41) is 30.6. The van der Waals surface area contributed by atoms with Crippen LogP contribution in [0, 0.1) is 46.9 Å². The Morgan fingerprint density at radius 1 is 0.262 bits per heavy atom. The number of carbonyl (C=O) groups excluding carboxylic acids is 3. The van der Waals surface area contributed by atoms with Crippen LogP contribution in [0.5, 0.6) is 0 Å². The Labute approximate surface area is 418 Å². The van der Waals surface area contributed by atoms with E-state index in [1.165, 1.54) is 193 Å². The predicted octanol–water partition coefficient (Wildman–Crippen LogP) is 14.3. The van der Waals surface area contributed by atoms with Crippen LogP contribution in [0.25, 0.3) is 0 Å². The number of allylic oxidation sites excluding steroid dienone is 6. The van der Waals surface area contributed by atoms with Gasteiger partial charge in [-0.3, -0.25) is 0 Å². The molecule has 0 aromatic heterocycles. The van der Waals surface area contributed by atoms with Gasteiger partial charge in [-0.1, -0.05) is 211 Å². The smallest absolute Gasteiger partial charge is 0.550 e. The summed E-state index contributed by atoms with van der Waals surface area (Å²) in [5.41, 5.74) is 0. The van der Waals surface area contributed by atoms with E-state index >= 15 is 0 Å². The average molecular weight is 1020 g/mol. The molecule has 0 aliphatic heterocycles. The molecule has 0 fully saturated rings. The van der Waals surface area contributed by atoms with Gasteiger partial charge in [0, 0.05) is 17.9 Å². The first-order chi connectivity index (χ1) is 29.3. The molecule has 1 radical (unpaired) electrons. The van der Waals surface area contributed by atoms with Crippen LogP contribution >= 0.6 is 0 Å². The van der Waals surface area contributed by atoms with E-state index in [2.05, 4.69) is 57.2 Å². The summed E-state index contributed by atoms with van der Waals surface area (Å²) in [4.78, 5) is 30.6. The first-order valence-corrected chi connectivity index (χ1v) is 25.9.